The van der Waals surface area contributed by atoms with Crippen LogP contribution in [0, 0.1) is 11.7 Å². The summed E-state index contributed by atoms with van der Waals surface area (Å²) in [5.41, 5.74) is -0.111. The Morgan fingerprint density at radius 1 is 1.30 bits per heavy atom. The molecule has 0 radical (unpaired) electrons. The first kappa shape index (κ1) is 14.8. The molecule has 0 aliphatic carbocycles. The predicted molar refractivity (Wildman–Crippen MR) is 72.6 cm³/mol. The van der Waals surface area contributed by atoms with Crippen LogP contribution in [0.25, 0.3) is 5.69 Å². The topological polar surface area (TPSA) is 33.6 Å². The number of aromatic nitrogens is 3. The van der Waals surface area contributed by atoms with Crippen molar-refractivity contribution in [2.24, 2.45) is 0 Å². The Hall–Kier alpha value is -1.63. The zero-order chi connectivity index (χ0) is 15.1. The minimum atomic E-state index is -4.38. The Morgan fingerprint density at radius 2 is 1.95 bits per heavy atom. The van der Waals surface area contributed by atoms with Crippen LogP contribution in [-0.2, 0) is 6.18 Å². The van der Waals surface area contributed by atoms with Crippen LogP contribution in [0.15, 0.2) is 18.2 Å². The molecule has 1 aromatic carbocycles. The minimum absolute atomic E-state index is 0.0404. The average molecular weight is 301 g/mol. The first-order chi connectivity index (χ1) is 9.21. The highest BCUT2D eigenvalue weighted by atomic mass is 32.1. The fourth-order valence-corrected chi connectivity index (χ4v) is 2.25. The molecule has 0 aliphatic heterocycles. The molecular formula is C13H14F3N3S. The number of hydrogen-bond acceptors (Lipinski definition) is 2. The van der Waals surface area contributed by atoms with Crippen molar-refractivity contribution in [3.8, 4) is 5.69 Å². The lowest BCUT2D eigenvalue weighted by Crippen LogP contribution is -2.10. The Labute approximate surface area is 119 Å². The van der Waals surface area contributed by atoms with Gasteiger partial charge < -0.3 is 0 Å². The van der Waals surface area contributed by atoms with E-state index in [1.165, 1.54) is 17.6 Å². The van der Waals surface area contributed by atoms with Crippen LogP contribution < -0.4 is 0 Å². The van der Waals surface area contributed by atoms with Crippen LogP contribution in [-0.4, -0.2) is 14.8 Å². The largest absolute Gasteiger partial charge is 0.416 e. The number of halogens is 3. The van der Waals surface area contributed by atoms with E-state index in [0.717, 1.165) is 6.07 Å². The molecule has 1 N–H and O–H groups in total. The number of benzene rings is 1. The van der Waals surface area contributed by atoms with Gasteiger partial charge in [-0.1, -0.05) is 19.9 Å². The molecule has 0 unspecified atom stereocenters. The molecule has 20 heavy (non-hydrogen) atoms. The van der Waals surface area contributed by atoms with Crippen molar-refractivity contribution in [2.75, 3.05) is 0 Å². The van der Waals surface area contributed by atoms with Crippen molar-refractivity contribution in [2.45, 2.75) is 32.9 Å². The second-order valence-corrected chi connectivity index (χ2v) is 5.26. The van der Waals surface area contributed by atoms with Gasteiger partial charge in [-0.25, -0.2) is 0 Å². The summed E-state index contributed by atoms with van der Waals surface area (Å²) < 4.78 is 40.7. The molecule has 0 atom stereocenters. The third kappa shape index (κ3) is 2.63. The van der Waals surface area contributed by atoms with Gasteiger partial charge in [0.05, 0.1) is 11.3 Å². The SMILES string of the molecule is Cc1ccc(-n2c(C(C)C)n[nH]c2=S)cc1C(F)(F)F. The summed E-state index contributed by atoms with van der Waals surface area (Å²) in [4.78, 5) is 0. The highest BCUT2D eigenvalue weighted by molar-refractivity contribution is 7.71. The van der Waals surface area contributed by atoms with Crippen molar-refractivity contribution in [3.63, 3.8) is 0 Å². The molecule has 0 saturated heterocycles. The van der Waals surface area contributed by atoms with E-state index in [9.17, 15) is 13.2 Å². The number of aromatic amines is 1. The maximum atomic E-state index is 13.0. The van der Waals surface area contributed by atoms with Crippen molar-refractivity contribution >= 4 is 12.2 Å². The van der Waals surface area contributed by atoms with Gasteiger partial charge in [-0.2, -0.15) is 18.3 Å². The van der Waals surface area contributed by atoms with E-state index in [4.69, 9.17) is 12.2 Å². The average Bonchev–Trinajstić information content (AvgIpc) is 2.70. The molecule has 1 aromatic heterocycles. The lowest BCUT2D eigenvalue weighted by Gasteiger charge is -2.14. The molecule has 7 heteroatoms. The summed E-state index contributed by atoms with van der Waals surface area (Å²) in [5, 5.41) is 6.69. The monoisotopic (exact) mass is 301 g/mol. The normalized spacial score (nSPS) is 12.2. The van der Waals surface area contributed by atoms with Gasteiger partial charge in [0.1, 0.15) is 5.82 Å². The number of alkyl halides is 3. The van der Waals surface area contributed by atoms with Crippen molar-refractivity contribution in [1.29, 1.82) is 0 Å². The molecule has 0 fully saturated rings. The van der Waals surface area contributed by atoms with Crippen LogP contribution in [0.3, 0.4) is 0 Å². The molecular weight excluding hydrogens is 287 g/mol. The smallest absolute Gasteiger partial charge is 0.272 e. The molecule has 0 amide bonds. The highest BCUT2D eigenvalue weighted by Crippen LogP contribution is 2.33. The third-order valence-electron chi connectivity index (χ3n) is 3.00. The zero-order valence-electron chi connectivity index (χ0n) is 11.2. The van der Waals surface area contributed by atoms with Gasteiger partial charge in [-0.05, 0) is 36.8 Å². The van der Waals surface area contributed by atoms with E-state index in [1.54, 1.807) is 6.07 Å². The molecule has 108 valence electrons. The lowest BCUT2D eigenvalue weighted by atomic mass is 10.1. The molecule has 1 heterocycles. The standard InChI is InChI=1S/C13H14F3N3S/c1-7(2)11-17-18-12(20)19(11)9-5-4-8(3)10(6-9)13(14,15)16/h4-7H,1-3H3,(H,18,20). The second-order valence-electron chi connectivity index (χ2n) is 4.87. The predicted octanol–water partition coefficient (Wildman–Crippen LogP) is 4.38. The Kier molecular flexibility index (Phi) is 3.73. The summed E-state index contributed by atoms with van der Waals surface area (Å²) in [6.07, 6.45) is -4.38. The van der Waals surface area contributed by atoms with Gasteiger partial charge in [0.15, 0.2) is 4.77 Å². The Bertz CT molecular complexity index is 683. The molecule has 3 nitrogen and oxygen atoms in total. The summed E-state index contributed by atoms with van der Waals surface area (Å²) in [5.74, 6) is 0.644. The minimum Gasteiger partial charge on any atom is -0.272 e. The number of hydrogen-bond donors (Lipinski definition) is 1. The third-order valence-corrected chi connectivity index (χ3v) is 3.27. The van der Waals surface area contributed by atoms with Gasteiger partial charge in [0.2, 0.25) is 0 Å². The van der Waals surface area contributed by atoms with Crippen molar-refractivity contribution < 1.29 is 13.2 Å². The Morgan fingerprint density at radius 3 is 2.50 bits per heavy atom. The van der Waals surface area contributed by atoms with E-state index in [2.05, 4.69) is 10.2 Å². The summed E-state index contributed by atoms with van der Waals surface area (Å²) in [6, 6.07) is 4.16. The van der Waals surface area contributed by atoms with Crippen molar-refractivity contribution in [1.82, 2.24) is 14.8 Å². The first-order valence-corrected chi connectivity index (χ1v) is 6.48. The number of aryl methyl sites for hydroxylation is 1. The van der Waals surface area contributed by atoms with Crippen LogP contribution in [0.1, 0.15) is 36.7 Å². The fraction of sp³-hybridized carbons (Fsp3) is 0.385. The fourth-order valence-electron chi connectivity index (χ4n) is 2.00. The Balaban J connectivity index is 2.66. The van der Waals surface area contributed by atoms with Crippen LogP contribution in [0.2, 0.25) is 0 Å². The van der Waals surface area contributed by atoms with Crippen LogP contribution >= 0.6 is 12.2 Å². The number of H-pyrrole nitrogens is 1. The summed E-state index contributed by atoms with van der Waals surface area (Å²) in [7, 11) is 0. The van der Waals surface area contributed by atoms with Gasteiger partial charge in [-0.3, -0.25) is 9.67 Å². The van der Waals surface area contributed by atoms with Crippen molar-refractivity contribution in [3.05, 3.63) is 39.9 Å². The summed E-state index contributed by atoms with van der Waals surface area (Å²) >= 11 is 5.11. The van der Waals surface area contributed by atoms with Gasteiger partial charge in [-0.15, -0.1) is 0 Å². The summed E-state index contributed by atoms with van der Waals surface area (Å²) in [6.45, 7) is 5.24. The van der Waals surface area contributed by atoms with E-state index in [-0.39, 0.29) is 16.3 Å². The van der Waals surface area contributed by atoms with E-state index >= 15 is 0 Å². The maximum Gasteiger partial charge on any atom is 0.416 e. The zero-order valence-corrected chi connectivity index (χ0v) is 12.1. The van der Waals surface area contributed by atoms with Gasteiger partial charge in [0, 0.05) is 5.92 Å². The molecule has 0 saturated carbocycles. The lowest BCUT2D eigenvalue weighted by molar-refractivity contribution is -0.138. The molecule has 0 spiro atoms. The quantitative estimate of drug-likeness (QED) is 0.835. The van der Waals surface area contributed by atoms with Gasteiger partial charge >= 0.3 is 6.18 Å². The van der Waals surface area contributed by atoms with E-state index < -0.39 is 11.7 Å². The second kappa shape index (κ2) is 5.05. The van der Waals surface area contributed by atoms with E-state index in [1.807, 2.05) is 13.8 Å². The molecule has 0 aliphatic rings. The molecule has 2 rings (SSSR count). The number of nitrogens with one attached hydrogen (secondary N) is 1. The number of rotatable bonds is 2. The van der Waals surface area contributed by atoms with Gasteiger partial charge in [0.25, 0.3) is 0 Å². The van der Waals surface area contributed by atoms with E-state index in [0.29, 0.717) is 11.5 Å². The van der Waals surface area contributed by atoms with Crippen LogP contribution in [0.5, 0.6) is 0 Å². The highest BCUT2D eigenvalue weighted by Gasteiger charge is 2.32. The molecule has 2 aromatic rings. The number of nitrogens with zero attached hydrogens (tertiary/aromatic N) is 2. The maximum absolute atomic E-state index is 13.0. The first-order valence-electron chi connectivity index (χ1n) is 6.07. The molecule has 0 bridgehead atoms. The van der Waals surface area contributed by atoms with Crippen LogP contribution in [0.4, 0.5) is 13.2 Å².